The smallest absolute Gasteiger partial charge is 0.255 e. The maximum absolute atomic E-state index is 13.3. The van der Waals surface area contributed by atoms with E-state index in [0.29, 0.717) is 45.5 Å². The Balaban J connectivity index is 1.88. The van der Waals surface area contributed by atoms with E-state index in [9.17, 15) is 10.1 Å². The molecule has 9 heteroatoms. The summed E-state index contributed by atoms with van der Waals surface area (Å²) in [4.78, 5) is 15.0. The van der Waals surface area contributed by atoms with Crippen molar-refractivity contribution in [2.45, 2.75) is 46.0 Å². The Bertz CT molecular complexity index is 1340. The van der Waals surface area contributed by atoms with Gasteiger partial charge in [-0.05, 0) is 60.6 Å². The number of rotatable bonds is 8. The molecule has 2 aromatic carbocycles. The number of hydrogen-bond donors (Lipinski definition) is 4. The van der Waals surface area contributed by atoms with Crippen molar-refractivity contribution in [2.75, 3.05) is 24.5 Å². The van der Waals surface area contributed by atoms with Crippen molar-refractivity contribution in [2.24, 2.45) is 17.5 Å². The van der Waals surface area contributed by atoms with Crippen molar-refractivity contribution in [3.8, 4) is 11.8 Å². The minimum atomic E-state index is -0.383. The molecule has 0 saturated heterocycles. The summed E-state index contributed by atoms with van der Waals surface area (Å²) in [5, 5.41) is 22.1. The normalized spacial score (nSPS) is 13.4. The Morgan fingerprint density at radius 3 is 2.50 bits per heavy atom. The molecule has 0 bridgehead atoms. The molecule has 1 amide bonds. The Morgan fingerprint density at radius 2 is 1.95 bits per heavy atom. The first-order valence-electron chi connectivity index (χ1n) is 12.4. The van der Waals surface area contributed by atoms with Gasteiger partial charge in [-0.2, -0.15) is 5.26 Å². The van der Waals surface area contributed by atoms with Gasteiger partial charge < -0.3 is 20.7 Å². The number of hydrazine groups is 1. The van der Waals surface area contributed by atoms with Crippen molar-refractivity contribution in [1.29, 1.82) is 10.7 Å². The molecule has 0 heterocycles. The number of benzene rings is 2. The summed E-state index contributed by atoms with van der Waals surface area (Å²) >= 11 is 0. The number of amidine groups is 1. The number of aryl methyl sites for hydroxylation is 1. The third-order valence-electron chi connectivity index (χ3n) is 6.62. The van der Waals surface area contributed by atoms with E-state index in [1.54, 1.807) is 36.2 Å². The summed E-state index contributed by atoms with van der Waals surface area (Å²) in [6.07, 6.45) is 3.53. The summed E-state index contributed by atoms with van der Waals surface area (Å²) in [5.41, 5.74) is 10.2. The van der Waals surface area contributed by atoms with Gasteiger partial charge in [0.15, 0.2) is 5.75 Å². The van der Waals surface area contributed by atoms with Gasteiger partial charge in [0.25, 0.3) is 5.91 Å². The van der Waals surface area contributed by atoms with Crippen LogP contribution in [-0.2, 0) is 5.41 Å². The van der Waals surface area contributed by atoms with Crippen LogP contribution in [0.3, 0.4) is 0 Å². The van der Waals surface area contributed by atoms with E-state index in [2.05, 4.69) is 18.0 Å². The summed E-state index contributed by atoms with van der Waals surface area (Å²) in [6, 6.07) is 10.9. The van der Waals surface area contributed by atoms with Gasteiger partial charge in [0.05, 0.1) is 35.4 Å². The van der Waals surface area contributed by atoms with Gasteiger partial charge in [0, 0.05) is 24.7 Å². The molecule has 6 N–H and O–H groups in total. The molecule has 1 saturated carbocycles. The topological polar surface area (TPSA) is 144 Å². The van der Waals surface area contributed by atoms with E-state index in [4.69, 9.17) is 21.7 Å². The standard InChI is InChI=1S/C29H37N7O2/c1-17-8-9-20(13-25(17)36(33)16-23(31)18(2)35(6)27(32)19-10-11-19)28(37)34-24-14-22(29(3,4)5)12-21(15-30)26(24)38-7/h8-9,12-14,16,19,32H,2,10-11,31,33H2,1,3-7H3,(H,34,37)/b23-16-,32-27?. The minimum absolute atomic E-state index is 0.240. The van der Waals surface area contributed by atoms with Gasteiger partial charge >= 0.3 is 0 Å². The molecule has 0 spiro atoms. The summed E-state index contributed by atoms with van der Waals surface area (Å²) in [5.74, 6) is 6.99. The minimum Gasteiger partial charge on any atom is -0.493 e. The number of amides is 1. The van der Waals surface area contributed by atoms with Gasteiger partial charge in [0.2, 0.25) is 0 Å². The van der Waals surface area contributed by atoms with Crippen molar-refractivity contribution in [3.05, 3.63) is 76.8 Å². The maximum Gasteiger partial charge on any atom is 0.255 e. The zero-order valence-electron chi connectivity index (χ0n) is 23.0. The van der Waals surface area contributed by atoms with Gasteiger partial charge in [-0.3, -0.25) is 15.2 Å². The second-order valence-electron chi connectivity index (χ2n) is 10.6. The first kappa shape index (κ1) is 28.3. The molecule has 38 heavy (non-hydrogen) atoms. The number of nitrogens with zero attached hydrogens (tertiary/aromatic N) is 3. The zero-order valence-corrected chi connectivity index (χ0v) is 23.0. The number of likely N-dealkylation sites (N-methyl/N-ethyl adjacent to an activating group) is 1. The fraction of sp³-hybridized carbons (Fsp3) is 0.345. The Kier molecular flexibility index (Phi) is 8.18. The second-order valence-corrected chi connectivity index (χ2v) is 10.6. The first-order valence-corrected chi connectivity index (χ1v) is 12.4. The van der Waals surface area contributed by atoms with E-state index in [0.717, 1.165) is 24.0 Å². The van der Waals surface area contributed by atoms with E-state index < -0.39 is 0 Å². The number of nitriles is 1. The van der Waals surface area contributed by atoms with Gasteiger partial charge in [0.1, 0.15) is 11.9 Å². The SMILES string of the molecule is C=C(/C(N)=C/N(N)c1cc(C(=O)Nc2cc(C(C)(C)C)cc(C#N)c2OC)ccc1C)N(C)C(=N)C1CC1. The molecule has 3 rings (SSSR count). The highest BCUT2D eigenvalue weighted by Crippen LogP contribution is 2.35. The average Bonchev–Trinajstić information content (AvgIpc) is 3.71. The van der Waals surface area contributed by atoms with Crippen molar-refractivity contribution >= 4 is 23.1 Å². The molecule has 0 aromatic heterocycles. The predicted octanol–water partition coefficient (Wildman–Crippen LogP) is 4.74. The molecular formula is C29H37N7O2. The number of anilines is 2. The summed E-state index contributed by atoms with van der Waals surface area (Å²) in [6.45, 7) is 12.0. The molecule has 0 atom stereocenters. The maximum atomic E-state index is 13.3. The van der Waals surface area contributed by atoms with E-state index in [-0.39, 0.29) is 17.2 Å². The average molecular weight is 516 g/mol. The molecule has 1 aliphatic carbocycles. The van der Waals surface area contributed by atoms with Crippen LogP contribution >= 0.6 is 0 Å². The number of methoxy groups -OCH3 is 1. The lowest BCUT2D eigenvalue weighted by Gasteiger charge is -2.24. The Morgan fingerprint density at radius 1 is 1.29 bits per heavy atom. The third-order valence-corrected chi connectivity index (χ3v) is 6.62. The number of nitrogens with two attached hydrogens (primary N) is 2. The molecule has 1 aliphatic rings. The third kappa shape index (κ3) is 6.15. The number of hydrogen-bond acceptors (Lipinski definition) is 7. The molecule has 2 aromatic rings. The molecule has 200 valence electrons. The Labute approximate surface area is 224 Å². The summed E-state index contributed by atoms with van der Waals surface area (Å²) < 4.78 is 5.46. The monoisotopic (exact) mass is 515 g/mol. The van der Waals surface area contributed by atoms with Crippen LogP contribution in [0.25, 0.3) is 0 Å². The lowest BCUT2D eigenvalue weighted by Crippen LogP contribution is -2.32. The second kappa shape index (κ2) is 11.0. The van der Waals surface area contributed by atoms with Crippen molar-refractivity contribution in [3.63, 3.8) is 0 Å². The van der Waals surface area contributed by atoms with Crippen LogP contribution in [0.1, 0.15) is 60.7 Å². The van der Waals surface area contributed by atoms with Crippen LogP contribution < -0.4 is 26.6 Å². The van der Waals surface area contributed by atoms with Crippen LogP contribution in [0, 0.1) is 29.6 Å². The van der Waals surface area contributed by atoms with Crippen LogP contribution in [-0.4, -0.2) is 30.8 Å². The highest BCUT2D eigenvalue weighted by molar-refractivity contribution is 6.06. The number of carbonyl (C=O) groups is 1. The highest BCUT2D eigenvalue weighted by Gasteiger charge is 2.30. The highest BCUT2D eigenvalue weighted by atomic mass is 16.5. The van der Waals surface area contributed by atoms with Gasteiger partial charge in [-0.1, -0.05) is 33.4 Å². The largest absolute Gasteiger partial charge is 0.493 e. The molecule has 1 fully saturated rings. The van der Waals surface area contributed by atoms with E-state index in [1.165, 1.54) is 18.3 Å². The first-order chi connectivity index (χ1) is 17.8. The molecule has 0 radical (unpaired) electrons. The van der Waals surface area contributed by atoms with Crippen molar-refractivity contribution in [1.82, 2.24) is 4.90 Å². The predicted molar refractivity (Wildman–Crippen MR) is 152 cm³/mol. The number of nitrogens with one attached hydrogen (secondary N) is 2. The van der Waals surface area contributed by atoms with Crippen molar-refractivity contribution < 1.29 is 9.53 Å². The molecular weight excluding hydrogens is 478 g/mol. The lowest BCUT2D eigenvalue weighted by molar-refractivity contribution is 0.102. The number of ether oxygens (including phenoxy) is 1. The van der Waals surface area contributed by atoms with Gasteiger partial charge in [-0.15, -0.1) is 0 Å². The van der Waals surface area contributed by atoms with Crippen LogP contribution in [0.4, 0.5) is 11.4 Å². The Hall–Kier alpha value is -4.29. The summed E-state index contributed by atoms with van der Waals surface area (Å²) in [7, 11) is 3.23. The lowest BCUT2D eigenvalue weighted by atomic mass is 9.85. The molecule has 0 unspecified atom stereocenters. The zero-order chi connectivity index (χ0) is 28.4. The van der Waals surface area contributed by atoms with Crippen LogP contribution in [0.15, 0.2) is 54.5 Å². The molecule has 9 nitrogen and oxygen atoms in total. The fourth-order valence-corrected chi connectivity index (χ4v) is 3.94. The molecule has 0 aliphatic heterocycles. The fourth-order valence-electron chi connectivity index (χ4n) is 3.94. The van der Waals surface area contributed by atoms with E-state index in [1.807, 2.05) is 33.8 Å². The van der Waals surface area contributed by atoms with Crippen LogP contribution in [0.5, 0.6) is 5.75 Å². The van der Waals surface area contributed by atoms with Gasteiger partial charge in [-0.25, -0.2) is 5.84 Å². The van der Waals surface area contributed by atoms with Crippen LogP contribution in [0.2, 0.25) is 0 Å². The quantitative estimate of drug-likeness (QED) is 0.131. The van der Waals surface area contributed by atoms with E-state index >= 15 is 0 Å². The number of carbonyl (C=O) groups excluding carboxylic acids is 1.